The van der Waals surface area contributed by atoms with Crippen molar-refractivity contribution < 1.29 is 18.0 Å². The summed E-state index contributed by atoms with van der Waals surface area (Å²) in [7, 11) is -3.34. The molecule has 0 unspecified atom stereocenters. The van der Waals surface area contributed by atoms with E-state index in [4.69, 9.17) is 0 Å². The number of benzene rings is 1. The molecule has 0 atom stereocenters. The predicted molar refractivity (Wildman–Crippen MR) is 106 cm³/mol. The Morgan fingerprint density at radius 2 is 1.67 bits per heavy atom. The molecule has 2 rings (SSSR count). The maximum absolute atomic E-state index is 12.4. The maximum Gasteiger partial charge on any atom is 0.251 e. The molecule has 1 fully saturated rings. The van der Waals surface area contributed by atoms with Crippen LogP contribution in [0.3, 0.4) is 0 Å². The molecule has 27 heavy (non-hydrogen) atoms. The van der Waals surface area contributed by atoms with Crippen LogP contribution in [0.15, 0.2) is 24.3 Å². The minimum atomic E-state index is -3.34. The molecule has 0 aliphatic carbocycles. The lowest BCUT2D eigenvalue weighted by Crippen LogP contribution is -2.48. The van der Waals surface area contributed by atoms with Gasteiger partial charge in [-0.15, -0.1) is 0 Å². The third-order valence-corrected chi connectivity index (χ3v) is 5.53. The van der Waals surface area contributed by atoms with Crippen molar-refractivity contribution >= 4 is 27.5 Å². The number of nitrogens with zero attached hydrogens (tertiary/aromatic N) is 1. The fourth-order valence-electron chi connectivity index (χ4n) is 3.31. The summed E-state index contributed by atoms with van der Waals surface area (Å²) in [5.41, 5.74) is 0.895. The molecule has 1 aromatic rings. The second kappa shape index (κ2) is 9.21. The van der Waals surface area contributed by atoms with Crippen LogP contribution in [0.1, 0.15) is 49.9 Å². The first-order valence-electron chi connectivity index (χ1n) is 9.41. The molecule has 1 heterocycles. The van der Waals surface area contributed by atoms with E-state index in [9.17, 15) is 18.0 Å². The average molecular weight is 396 g/mol. The molecule has 0 aromatic heterocycles. The standard InChI is InChI=1S/C19H29N3O4S/c1-4-14(5-2)19(24)22-12-10-16(11-13-22)20-18(23)15-6-8-17(9-7-15)21-27(3,25)26/h6-9,14,16,21H,4-5,10-13H2,1-3H3,(H,20,23). The van der Waals surface area contributed by atoms with Crippen LogP contribution in [0.2, 0.25) is 0 Å². The Kier molecular flexibility index (Phi) is 7.24. The highest BCUT2D eigenvalue weighted by atomic mass is 32.2. The summed E-state index contributed by atoms with van der Waals surface area (Å²) in [6.45, 7) is 5.40. The molecule has 0 saturated carbocycles. The first kappa shape index (κ1) is 21.2. The maximum atomic E-state index is 12.4. The molecule has 150 valence electrons. The summed E-state index contributed by atoms with van der Waals surface area (Å²) in [6, 6.07) is 6.35. The number of carbonyl (C=O) groups excluding carboxylic acids is 2. The van der Waals surface area contributed by atoms with Crippen molar-refractivity contribution in [1.29, 1.82) is 0 Å². The molecule has 1 aromatic carbocycles. The minimum Gasteiger partial charge on any atom is -0.349 e. The smallest absolute Gasteiger partial charge is 0.251 e. The van der Waals surface area contributed by atoms with Gasteiger partial charge >= 0.3 is 0 Å². The van der Waals surface area contributed by atoms with E-state index < -0.39 is 10.0 Å². The van der Waals surface area contributed by atoms with Crippen LogP contribution in [0.4, 0.5) is 5.69 Å². The fraction of sp³-hybridized carbons (Fsp3) is 0.579. The number of nitrogens with one attached hydrogen (secondary N) is 2. The average Bonchev–Trinajstić information content (AvgIpc) is 2.62. The number of amides is 2. The van der Waals surface area contributed by atoms with Gasteiger partial charge in [-0.05, 0) is 49.9 Å². The highest BCUT2D eigenvalue weighted by Gasteiger charge is 2.27. The van der Waals surface area contributed by atoms with E-state index in [1.165, 1.54) is 0 Å². The Hall–Kier alpha value is -2.09. The molecule has 2 amide bonds. The van der Waals surface area contributed by atoms with E-state index in [0.717, 1.165) is 31.9 Å². The van der Waals surface area contributed by atoms with Crippen LogP contribution in [-0.4, -0.2) is 50.5 Å². The Morgan fingerprint density at radius 3 is 2.15 bits per heavy atom. The van der Waals surface area contributed by atoms with Gasteiger partial charge in [-0.3, -0.25) is 14.3 Å². The number of anilines is 1. The van der Waals surface area contributed by atoms with Gasteiger partial charge in [-0.25, -0.2) is 8.42 Å². The quantitative estimate of drug-likeness (QED) is 0.740. The monoisotopic (exact) mass is 395 g/mol. The van der Waals surface area contributed by atoms with E-state index in [1.54, 1.807) is 24.3 Å². The summed E-state index contributed by atoms with van der Waals surface area (Å²) in [4.78, 5) is 26.7. The Bertz CT molecular complexity index is 750. The van der Waals surface area contributed by atoms with Gasteiger partial charge < -0.3 is 10.2 Å². The minimum absolute atomic E-state index is 0.0390. The second-order valence-electron chi connectivity index (χ2n) is 7.04. The predicted octanol–water partition coefficient (Wildman–Crippen LogP) is 2.22. The van der Waals surface area contributed by atoms with Crippen LogP contribution in [0, 0.1) is 5.92 Å². The van der Waals surface area contributed by atoms with E-state index >= 15 is 0 Å². The molecule has 1 saturated heterocycles. The van der Waals surface area contributed by atoms with Crippen molar-refractivity contribution in [3.63, 3.8) is 0 Å². The van der Waals surface area contributed by atoms with Crippen molar-refractivity contribution in [3.05, 3.63) is 29.8 Å². The van der Waals surface area contributed by atoms with Gasteiger partial charge in [0.2, 0.25) is 15.9 Å². The largest absolute Gasteiger partial charge is 0.349 e. The van der Waals surface area contributed by atoms with Gasteiger partial charge in [-0.1, -0.05) is 13.8 Å². The molecular weight excluding hydrogens is 366 g/mol. The third-order valence-electron chi connectivity index (χ3n) is 4.93. The third kappa shape index (κ3) is 6.23. The van der Waals surface area contributed by atoms with Gasteiger partial charge in [0.1, 0.15) is 0 Å². The first-order chi connectivity index (χ1) is 12.7. The summed E-state index contributed by atoms with van der Waals surface area (Å²) < 4.78 is 24.8. The molecule has 8 heteroatoms. The van der Waals surface area contributed by atoms with Crippen LogP contribution in [0.25, 0.3) is 0 Å². The number of carbonyl (C=O) groups is 2. The SMILES string of the molecule is CCC(CC)C(=O)N1CCC(NC(=O)c2ccc(NS(C)(=O)=O)cc2)CC1. The van der Waals surface area contributed by atoms with E-state index in [2.05, 4.69) is 10.0 Å². The Morgan fingerprint density at radius 1 is 1.11 bits per heavy atom. The van der Waals surface area contributed by atoms with Gasteiger partial charge in [0.05, 0.1) is 6.26 Å². The zero-order chi connectivity index (χ0) is 20.0. The van der Waals surface area contributed by atoms with Gasteiger partial charge in [0.15, 0.2) is 0 Å². The lowest BCUT2D eigenvalue weighted by Gasteiger charge is -2.34. The van der Waals surface area contributed by atoms with Crippen molar-refractivity contribution in [2.24, 2.45) is 5.92 Å². The van der Waals surface area contributed by atoms with Gasteiger partial charge in [-0.2, -0.15) is 0 Å². The van der Waals surface area contributed by atoms with Gasteiger partial charge in [0, 0.05) is 36.3 Å². The molecule has 7 nitrogen and oxygen atoms in total. The fourth-order valence-corrected chi connectivity index (χ4v) is 3.88. The second-order valence-corrected chi connectivity index (χ2v) is 8.79. The molecule has 1 aliphatic heterocycles. The molecule has 0 radical (unpaired) electrons. The van der Waals surface area contributed by atoms with Crippen LogP contribution in [0.5, 0.6) is 0 Å². The van der Waals surface area contributed by atoms with Crippen molar-refractivity contribution in [3.8, 4) is 0 Å². The highest BCUT2D eigenvalue weighted by Crippen LogP contribution is 2.18. The van der Waals surface area contributed by atoms with Crippen LogP contribution < -0.4 is 10.0 Å². The number of sulfonamides is 1. The van der Waals surface area contributed by atoms with Crippen molar-refractivity contribution in [2.75, 3.05) is 24.1 Å². The van der Waals surface area contributed by atoms with Crippen LogP contribution >= 0.6 is 0 Å². The molecule has 2 N–H and O–H groups in total. The van der Waals surface area contributed by atoms with E-state index in [0.29, 0.717) is 24.3 Å². The number of piperidine rings is 1. The molecule has 1 aliphatic rings. The molecule has 0 bridgehead atoms. The van der Waals surface area contributed by atoms with Crippen LogP contribution in [-0.2, 0) is 14.8 Å². The zero-order valence-corrected chi connectivity index (χ0v) is 17.0. The normalized spacial score (nSPS) is 15.6. The van der Waals surface area contributed by atoms with Crippen molar-refractivity contribution in [2.45, 2.75) is 45.6 Å². The summed E-state index contributed by atoms with van der Waals surface area (Å²) >= 11 is 0. The van der Waals surface area contributed by atoms with Crippen molar-refractivity contribution in [1.82, 2.24) is 10.2 Å². The number of hydrogen-bond acceptors (Lipinski definition) is 4. The number of hydrogen-bond donors (Lipinski definition) is 2. The lowest BCUT2D eigenvalue weighted by molar-refractivity contribution is -0.136. The topological polar surface area (TPSA) is 95.6 Å². The zero-order valence-electron chi connectivity index (χ0n) is 16.2. The Balaban J connectivity index is 1.86. The molecule has 0 spiro atoms. The summed E-state index contributed by atoms with van der Waals surface area (Å²) in [5.74, 6) is 0.125. The van der Waals surface area contributed by atoms with Gasteiger partial charge in [0.25, 0.3) is 5.91 Å². The number of likely N-dealkylation sites (tertiary alicyclic amines) is 1. The number of rotatable bonds is 7. The lowest BCUT2D eigenvalue weighted by atomic mass is 9.98. The first-order valence-corrected chi connectivity index (χ1v) is 11.3. The Labute approximate surface area is 161 Å². The van der Waals surface area contributed by atoms with E-state index in [1.807, 2.05) is 18.7 Å². The summed E-state index contributed by atoms with van der Waals surface area (Å²) in [5, 5.41) is 3.00. The van der Waals surface area contributed by atoms with E-state index in [-0.39, 0.29) is 23.8 Å². The summed E-state index contributed by atoms with van der Waals surface area (Å²) in [6.07, 6.45) is 4.27. The molecular formula is C19H29N3O4S. The highest BCUT2D eigenvalue weighted by molar-refractivity contribution is 7.92.